The number of amides is 1. The predicted octanol–water partition coefficient (Wildman–Crippen LogP) is -0.0767. The Kier molecular flexibility index (Phi) is 7.19. The lowest BCUT2D eigenvalue weighted by molar-refractivity contribution is -0.742. The van der Waals surface area contributed by atoms with Crippen LogP contribution in [0.1, 0.15) is 5.01 Å². The van der Waals surface area contributed by atoms with Crippen molar-refractivity contribution < 1.29 is 32.5 Å². The van der Waals surface area contributed by atoms with Crippen molar-refractivity contribution in [1.82, 2.24) is 25.3 Å². The fraction of sp³-hybridized carbons (Fsp3) is 0.200. The highest BCUT2D eigenvalue weighted by Crippen LogP contribution is 2.13. The molecule has 0 aromatic carbocycles. The maximum Gasteiger partial charge on any atom is 0.430 e. The number of alkyl halides is 3. The topological polar surface area (TPSA) is 138 Å². The maximum absolute atomic E-state index is 11.9. The molecule has 0 aliphatic heterocycles. The first kappa shape index (κ1) is 21.7. The normalized spacial score (nSPS) is 10.6. The lowest BCUT2D eigenvalue weighted by atomic mass is 10.3. The first-order chi connectivity index (χ1) is 13.6. The maximum atomic E-state index is 11.9. The van der Waals surface area contributed by atoms with Crippen LogP contribution in [0.3, 0.4) is 0 Å². The van der Waals surface area contributed by atoms with E-state index in [4.69, 9.17) is 9.90 Å². The largest absolute Gasteiger partial charge is 0.542 e. The molecule has 3 heterocycles. The quantitative estimate of drug-likeness (QED) is 0.571. The minimum absolute atomic E-state index is 0.0918. The summed E-state index contributed by atoms with van der Waals surface area (Å²) in [6.07, 6.45) is 1.47. The zero-order valence-electron chi connectivity index (χ0n) is 14.6. The van der Waals surface area contributed by atoms with E-state index in [0.29, 0.717) is 11.0 Å². The van der Waals surface area contributed by atoms with E-state index in [0.717, 1.165) is 10.6 Å². The van der Waals surface area contributed by atoms with Crippen LogP contribution in [0.5, 0.6) is 0 Å². The van der Waals surface area contributed by atoms with Crippen LogP contribution in [0.4, 0.5) is 18.3 Å². The Morgan fingerprint density at radius 2 is 1.90 bits per heavy atom. The van der Waals surface area contributed by atoms with Crippen molar-refractivity contribution in [2.45, 2.75) is 19.6 Å². The van der Waals surface area contributed by atoms with E-state index in [-0.39, 0.29) is 12.5 Å². The van der Waals surface area contributed by atoms with E-state index in [9.17, 15) is 18.0 Å². The highest BCUT2D eigenvalue weighted by Gasteiger charge is 2.28. The zero-order valence-corrected chi connectivity index (χ0v) is 15.4. The van der Waals surface area contributed by atoms with Gasteiger partial charge in [-0.15, -0.1) is 10.2 Å². The highest BCUT2D eigenvalue weighted by molar-refractivity contribution is 7.15. The first-order valence-electron chi connectivity index (χ1n) is 7.66. The lowest BCUT2D eigenvalue weighted by Crippen LogP contribution is -2.43. The number of rotatable bonds is 4. The summed E-state index contributed by atoms with van der Waals surface area (Å²) in [6.45, 7) is 1.92. The molecule has 152 valence electrons. The molecule has 0 fully saturated rings. The number of hydrogen-bond acceptors (Lipinski definition) is 9. The molecule has 10 nitrogen and oxygen atoms in total. The van der Waals surface area contributed by atoms with Crippen LogP contribution < -0.4 is 15.1 Å². The molecule has 0 atom stereocenters. The number of anilines is 1. The summed E-state index contributed by atoms with van der Waals surface area (Å²) < 4.78 is 33.1. The molecule has 0 saturated carbocycles. The molecule has 0 saturated heterocycles. The number of carboxylic acids is 1. The van der Waals surface area contributed by atoms with Gasteiger partial charge in [0.05, 0.1) is 0 Å². The third-order valence-electron chi connectivity index (χ3n) is 2.90. The fourth-order valence-electron chi connectivity index (χ4n) is 1.71. The molecule has 0 aliphatic rings. The molecular weight excluding hydrogens is 415 g/mol. The van der Waals surface area contributed by atoms with Gasteiger partial charge < -0.3 is 9.90 Å². The van der Waals surface area contributed by atoms with Crippen LogP contribution in [0, 0.1) is 6.92 Å². The van der Waals surface area contributed by atoms with E-state index in [1.165, 1.54) is 16.0 Å². The number of carbonyl (C=O) groups is 2. The number of aryl methyl sites for hydroxylation is 1. The number of nitrogens with zero attached hydrogens (tertiary/aromatic N) is 6. The van der Waals surface area contributed by atoms with Crippen molar-refractivity contribution in [3.05, 3.63) is 41.9 Å². The van der Waals surface area contributed by atoms with E-state index >= 15 is 0 Å². The molecule has 0 aliphatic carbocycles. The summed E-state index contributed by atoms with van der Waals surface area (Å²) in [5, 5.41) is 24.6. The van der Waals surface area contributed by atoms with Crippen molar-refractivity contribution in [3.8, 4) is 11.4 Å². The Morgan fingerprint density at radius 3 is 2.38 bits per heavy atom. The van der Waals surface area contributed by atoms with Crippen LogP contribution >= 0.6 is 11.3 Å². The molecule has 29 heavy (non-hydrogen) atoms. The van der Waals surface area contributed by atoms with Crippen LogP contribution in [-0.4, -0.2) is 43.3 Å². The highest BCUT2D eigenvalue weighted by atomic mass is 32.1. The molecule has 1 amide bonds. The SMILES string of the molecule is Cc1nnc(NC(=O)C[n+]2ccc(-c3ncccn3)cn2)s1.O=C([O-])C(F)(F)F. The van der Waals surface area contributed by atoms with Crippen molar-refractivity contribution in [1.29, 1.82) is 0 Å². The average Bonchev–Trinajstić information content (AvgIpc) is 3.07. The molecule has 0 unspecified atom stereocenters. The number of aromatic nitrogens is 6. The molecule has 0 radical (unpaired) electrons. The minimum atomic E-state index is -5.19. The second-order valence-electron chi connectivity index (χ2n) is 5.15. The Labute approximate surface area is 165 Å². The van der Waals surface area contributed by atoms with Gasteiger partial charge in [0.25, 0.3) is 12.5 Å². The molecule has 0 bridgehead atoms. The molecule has 14 heteroatoms. The Hall–Kier alpha value is -3.55. The third kappa shape index (κ3) is 7.17. The van der Waals surface area contributed by atoms with Gasteiger partial charge in [-0.05, 0) is 18.1 Å². The first-order valence-corrected chi connectivity index (χ1v) is 8.48. The molecule has 0 spiro atoms. The van der Waals surface area contributed by atoms with Gasteiger partial charge in [0.2, 0.25) is 5.13 Å². The summed E-state index contributed by atoms with van der Waals surface area (Å²) in [7, 11) is 0. The van der Waals surface area contributed by atoms with Crippen LogP contribution in [0.25, 0.3) is 11.4 Å². The predicted molar refractivity (Wildman–Crippen MR) is 89.8 cm³/mol. The zero-order chi connectivity index (χ0) is 21.4. The minimum Gasteiger partial charge on any atom is -0.542 e. The Balaban J connectivity index is 0.000000370. The second-order valence-corrected chi connectivity index (χ2v) is 6.33. The summed E-state index contributed by atoms with van der Waals surface area (Å²) in [4.78, 5) is 29.0. The van der Waals surface area contributed by atoms with Gasteiger partial charge in [-0.1, -0.05) is 16.0 Å². The van der Waals surface area contributed by atoms with E-state index in [1.807, 2.05) is 13.0 Å². The number of nitrogens with one attached hydrogen (secondary N) is 1. The van der Waals surface area contributed by atoms with E-state index < -0.39 is 12.1 Å². The summed E-state index contributed by atoms with van der Waals surface area (Å²) in [5.74, 6) is -2.62. The Bertz CT molecular complexity index is 965. The standard InChI is InChI=1S/C13H11N7OS.C2HF3O2/c1-9-18-19-13(22-9)17-11(21)8-20-6-3-10(7-16-20)12-14-4-2-5-15-12;3-2(4,5)1(6)7/h2-7H,8H2,1H3;(H,6,7). The van der Waals surface area contributed by atoms with Gasteiger partial charge in [-0.2, -0.15) is 13.2 Å². The number of carboxylic acid groups (broad SMARTS) is 1. The van der Waals surface area contributed by atoms with Crippen LogP contribution in [-0.2, 0) is 16.1 Å². The Morgan fingerprint density at radius 1 is 1.24 bits per heavy atom. The number of halogens is 3. The van der Waals surface area contributed by atoms with Crippen LogP contribution in [0.2, 0.25) is 0 Å². The molecule has 3 aromatic rings. The summed E-state index contributed by atoms with van der Waals surface area (Å²) >= 11 is 1.33. The third-order valence-corrected chi connectivity index (χ3v) is 3.66. The smallest absolute Gasteiger partial charge is 0.430 e. The van der Waals surface area contributed by atoms with E-state index in [2.05, 4.69) is 30.6 Å². The van der Waals surface area contributed by atoms with Crippen molar-refractivity contribution in [2.24, 2.45) is 0 Å². The number of carbonyl (C=O) groups excluding carboxylic acids is 2. The molecule has 1 N–H and O–H groups in total. The fourth-order valence-corrected chi connectivity index (χ4v) is 2.32. The molecule has 3 rings (SSSR count). The van der Waals surface area contributed by atoms with E-state index in [1.54, 1.807) is 30.9 Å². The van der Waals surface area contributed by atoms with Gasteiger partial charge >= 0.3 is 6.18 Å². The average molecular weight is 427 g/mol. The van der Waals surface area contributed by atoms with Crippen molar-refractivity contribution in [3.63, 3.8) is 0 Å². The monoisotopic (exact) mass is 427 g/mol. The number of hydrogen-bond donors (Lipinski definition) is 1. The van der Waals surface area contributed by atoms with Crippen LogP contribution in [0.15, 0.2) is 36.9 Å². The van der Waals surface area contributed by atoms with Crippen molar-refractivity contribution in [2.75, 3.05) is 5.32 Å². The van der Waals surface area contributed by atoms with Gasteiger partial charge in [-0.3, -0.25) is 10.1 Å². The lowest BCUT2D eigenvalue weighted by Gasteiger charge is -2.03. The number of aliphatic carboxylic acids is 1. The van der Waals surface area contributed by atoms with Gasteiger partial charge in [0.1, 0.15) is 17.2 Å². The summed E-state index contributed by atoms with van der Waals surface area (Å²) in [5.41, 5.74) is 0.789. The van der Waals surface area contributed by atoms with Gasteiger partial charge in [0, 0.05) is 24.0 Å². The summed E-state index contributed by atoms with van der Waals surface area (Å²) in [6, 6.07) is 3.56. The molecular formula is C15H12F3N7O3S. The van der Waals surface area contributed by atoms with Gasteiger partial charge in [-0.25, -0.2) is 9.97 Å². The van der Waals surface area contributed by atoms with Gasteiger partial charge in [0.15, 0.2) is 12.0 Å². The van der Waals surface area contributed by atoms with Crippen molar-refractivity contribution >= 4 is 28.3 Å². The second kappa shape index (κ2) is 9.59. The molecule has 3 aromatic heterocycles.